The Morgan fingerprint density at radius 1 is 1.26 bits per heavy atom. The zero-order valence-electron chi connectivity index (χ0n) is 9.00. The van der Waals surface area contributed by atoms with Crippen LogP contribution in [0.25, 0.3) is 0 Å². The van der Waals surface area contributed by atoms with E-state index in [1.54, 1.807) is 12.1 Å². The summed E-state index contributed by atoms with van der Waals surface area (Å²) >= 11 is 19.0. The molecule has 1 aromatic carbocycles. The predicted octanol–water partition coefficient (Wildman–Crippen LogP) is 5.04. The molecule has 0 radical (unpaired) electrons. The average Bonchev–Trinajstić information content (AvgIpc) is 2.33. The largest absolute Gasteiger partial charge is 0.269 e. The zero-order valence-corrected chi connectivity index (χ0v) is 13.0. The molecule has 0 unspecified atom stereocenters. The molecule has 0 N–H and O–H groups in total. The number of nitro groups is 1. The van der Waals surface area contributed by atoms with E-state index in [4.69, 9.17) is 35.4 Å². The van der Waals surface area contributed by atoms with Gasteiger partial charge in [0.1, 0.15) is 8.70 Å². The van der Waals surface area contributed by atoms with Gasteiger partial charge in [0.25, 0.3) is 5.69 Å². The summed E-state index contributed by atoms with van der Waals surface area (Å²) in [5, 5.41) is 10.9. The lowest BCUT2D eigenvalue weighted by Gasteiger charge is -2.18. The van der Waals surface area contributed by atoms with Gasteiger partial charge in [-0.2, -0.15) is 0 Å². The molecule has 0 bridgehead atoms. The monoisotopic (exact) mass is 350 g/mol. The van der Waals surface area contributed by atoms with Gasteiger partial charge in [-0.05, 0) is 12.1 Å². The lowest BCUT2D eigenvalue weighted by Crippen LogP contribution is -2.00. The first kappa shape index (κ1) is 14.8. The van der Waals surface area contributed by atoms with Crippen LogP contribution in [0.4, 0.5) is 11.4 Å². The van der Waals surface area contributed by atoms with Crippen LogP contribution in [0.1, 0.15) is 0 Å². The Hall–Kier alpha value is -0.600. The standard InChI is InChI=1S/C10H4Cl2N2O2S3/c11-7(8(12)17)9-18-10(19-9)13-5-1-3-6(4-2-5)14(15)16/h1-4H. The minimum atomic E-state index is -0.453. The molecular weight excluding hydrogens is 347 g/mol. The third-order valence-electron chi connectivity index (χ3n) is 1.99. The lowest BCUT2D eigenvalue weighted by molar-refractivity contribution is -0.384. The molecule has 19 heavy (non-hydrogen) atoms. The van der Waals surface area contributed by atoms with Gasteiger partial charge in [0, 0.05) is 12.1 Å². The van der Waals surface area contributed by atoms with E-state index in [0.29, 0.717) is 10.7 Å². The van der Waals surface area contributed by atoms with Crippen molar-refractivity contribution in [1.82, 2.24) is 0 Å². The Kier molecular flexibility index (Phi) is 4.86. The van der Waals surface area contributed by atoms with Gasteiger partial charge in [-0.25, -0.2) is 4.99 Å². The fraction of sp³-hybridized carbons (Fsp3) is 0. The van der Waals surface area contributed by atoms with E-state index in [0.717, 1.165) is 8.61 Å². The van der Waals surface area contributed by atoms with Crippen molar-refractivity contribution in [1.29, 1.82) is 0 Å². The van der Waals surface area contributed by atoms with Crippen molar-refractivity contribution in [2.24, 2.45) is 4.99 Å². The maximum atomic E-state index is 10.5. The summed E-state index contributed by atoms with van der Waals surface area (Å²) in [5.74, 6) is 0. The summed E-state index contributed by atoms with van der Waals surface area (Å²) in [5.41, 5.74) is 0.679. The van der Waals surface area contributed by atoms with Gasteiger partial charge >= 0.3 is 0 Å². The van der Waals surface area contributed by atoms with E-state index in [9.17, 15) is 10.1 Å². The van der Waals surface area contributed by atoms with Crippen LogP contribution in [0.3, 0.4) is 0 Å². The quantitative estimate of drug-likeness (QED) is 0.251. The van der Waals surface area contributed by atoms with Crippen molar-refractivity contribution in [3.8, 4) is 0 Å². The Balaban J connectivity index is 2.07. The molecule has 2 rings (SSSR count). The number of nitrogens with zero attached hydrogens (tertiary/aromatic N) is 2. The molecule has 98 valence electrons. The molecular formula is C10H4Cl2N2O2S3. The van der Waals surface area contributed by atoms with E-state index in [2.05, 4.69) is 4.99 Å². The Labute approximate surface area is 132 Å². The lowest BCUT2D eigenvalue weighted by atomic mass is 10.3. The Morgan fingerprint density at radius 3 is 2.32 bits per heavy atom. The molecule has 0 atom stereocenters. The average molecular weight is 351 g/mol. The van der Waals surface area contributed by atoms with E-state index >= 15 is 0 Å². The number of thiocarbonyl (C=S) groups is 1. The molecule has 0 aromatic heterocycles. The number of aliphatic imine (C=N–C) groups is 1. The number of nitro benzene ring substituents is 1. The maximum Gasteiger partial charge on any atom is 0.269 e. The molecule has 1 saturated heterocycles. The van der Waals surface area contributed by atoms with Crippen molar-refractivity contribution in [2.75, 3.05) is 0 Å². The van der Waals surface area contributed by atoms with E-state index < -0.39 is 4.92 Å². The van der Waals surface area contributed by atoms with Crippen LogP contribution in [-0.2, 0) is 0 Å². The number of non-ortho nitro benzene ring substituents is 1. The van der Waals surface area contributed by atoms with Crippen molar-refractivity contribution >= 4 is 79.0 Å². The number of rotatable bonds is 3. The highest BCUT2D eigenvalue weighted by molar-refractivity contribution is 8.57. The first-order valence-corrected chi connectivity index (χ1v) is 7.55. The van der Waals surface area contributed by atoms with E-state index in [1.807, 2.05) is 0 Å². The van der Waals surface area contributed by atoms with Crippen molar-refractivity contribution in [3.63, 3.8) is 0 Å². The second kappa shape index (κ2) is 6.23. The second-order valence-corrected chi connectivity index (χ2v) is 7.13. The highest BCUT2D eigenvalue weighted by atomic mass is 35.5. The number of thioether (sulfide) groups is 2. The van der Waals surface area contributed by atoms with Gasteiger partial charge in [0.2, 0.25) is 0 Å². The fourth-order valence-electron chi connectivity index (χ4n) is 1.14. The highest BCUT2D eigenvalue weighted by Gasteiger charge is 2.25. The fourth-order valence-corrected chi connectivity index (χ4v) is 3.55. The number of halogens is 2. The summed E-state index contributed by atoms with van der Waals surface area (Å²) in [6, 6.07) is 5.99. The molecule has 9 heteroatoms. The van der Waals surface area contributed by atoms with Gasteiger partial charge < -0.3 is 0 Å². The molecule has 4 nitrogen and oxygen atoms in total. The van der Waals surface area contributed by atoms with Crippen LogP contribution in [-0.4, -0.2) is 13.6 Å². The molecule has 0 spiro atoms. The normalized spacial score (nSPS) is 13.8. The van der Waals surface area contributed by atoms with Crippen LogP contribution in [0.15, 0.2) is 38.5 Å². The van der Waals surface area contributed by atoms with Gasteiger partial charge in [-0.1, -0.05) is 58.9 Å². The number of benzene rings is 1. The smallest absolute Gasteiger partial charge is 0.258 e. The SMILES string of the molecule is O=[N+]([O-])c1ccc(N=C2SC(=C(Cl)C(=S)Cl)S2)cc1. The summed E-state index contributed by atoms with van der Waals surface area (Å²) < 4.78 is 1.73. The zero-order chi connectivity index (χ0) is 14.0. The minimum absolute atomic E-state index is 0.0361. The highest BCUT2D eigenvalue weighted by Crippen LogP contribution is 2.50. The molecule has 0 saturated carbocycles. The van der Waals surface area contributed by atoms with Crippen LogP contribution in [0.2, 0.25) is 0 Å². The van der Waals surface area contributed by atoms with Crippen LogP contribution in [0, 0.1) is 10.1 Å². The summed E-state index contributed by atoms with van der Waals surface area (Å²) in [4.78, 5) is 14.3. The summed E-state index contributed by atoms with van der Waals surface area (Å²) in [6.07, 6.45) is 0. The third kappa shape index (κ3) is 3.70. The van der Waals surface area contributed by atoms with E-state index in [-0.39, 0.29) is 10.0 Å². The second-order valence-electron chi connectivity index (χ2n) is 3.23. The number of hydrogen-bond acceptors (Lipinski definition) is 6. The number of allylic oxidation sites excluding steroid dienone is 1. The van der Waals surface area contributed by atoms with E-state index in [1.165, 1.54) is 35.7 Å². The van der Waals surface area contributed by atoms with Crippen LogP contribution in [0.5, 0.6) is 0 Å². The molecule has 0 amide bonds. The number of hydrogen-bond donors (Lipinski definition) is 0. The van der Waals surface area contributed by atoms with Gasteiger partial charge in [-0.3, -0.25) is 10.1 Å². The molecule has 1 fully saturated rings. The first-order valence-electron chi connectivity index (χ1n) is 4.76. The van der Waals surface area contributed by atoms with Crippen molar-refractivity contribution < 1.29 is 4.92 Å². The molecule has 1 heterocycles. The van der Waals surface area contributed by atoms with Gasteiger partial charge in [0.05, 0.1) is 19.9 Å². The minimum Gasteiger partial charge on any atom is -0.258 e. The molecule has 1 aliphatic heterocycles. The van der Waals surface area contributed by atoms with Gasteiger partial charge in [-0.15, -0.1) is 0 Å². The topological polar surface area (TPSA) is 55.5 Å². The van der Waals surface area contributed by atoms with Crippen molar-refractivity contribution in [2.45, 2.75) is 0 Å². The molecule has 1 aromatic rings. The summed E-state index contributed by atoms with van der Waals surface area (Å²) in [7, 11) is 0. The summed E-state index contributed by atoms with van der Waals surface area (Å²) in [6.45, 7) is 0. The van der Waals surface area contributed by atoms with Crippen LogP contribution < -0.4 is 0 Å². The van der Waals surface area contributed by atoms with Crippen LogP contribution >= 0.6 is 58.9 Å². The van der Waals surface area contributed by atoms with Crippen molar-refractivity contribution in [3.05, 3.63) is 43.6 Å². The molecule has 0 aliphatic carbocycles. The Morgan fingerprint density at radius 2 is 1.84 bits per heavy atom. The third-order valence-corrected chi connectivity index (χ3v) is 5.51. The Bertz CT molecular complexity index is 604. The predicted molar refractivity (Wildman–Crippen MR) is 86.7 cm³/mol. The molecule has 1 aliphatic rings. The van der Waals surface area contributed by atoms with Gasteiger partial charge in [0.15, 0.2) is 0 Å². The maximum absolute atomic E-state index is 10.5. The first-order chi connectivity index (χ1) is 8.97.